The maximum Gasteiger partial charge on any atom is 0.256 e. The second kappa shape index (κ2) is 4.12. The van der Waals surface area contributed by atoms with Crippen molar-refractivity contribution in [2.24, 2.45) is 0 Å². The maximum absolute atomic E-state index is 11.8. The summed E-state index contributed by atoms with van der Waals surface area (Å²) in [6.07, 6.45) is -0.872. The minimum absolute atomic E-state index is 0.145. The van der Waals surface area contributed by atoms with Gasteiger partial charge < -0.3 is 10.0 Å². The third-order valence-electron chi connectivity index (χ3n) is 2.40. The van der Waals surface area contributed by atoms with E-state index in [0.29, 0.717) is 28.0 Å². The largest absolute Gasteiger partial charge is 0.369 e. The molecule has 3 nitrogen and oxygen atoms in total. The number of hydrogen-bond donors (Lipinski definition) is 1. The number of carbonyl (C=O) groups excluding carboxylic acids is 1. The van der Waals surface area contributed by atoms with Gasteiger partial charge in [0.25, 0.3) is 5.91 Å². The molecule has 1 unspecified atom stereocenters. The van der Waals surface area contributed by atoms with Crippen LogP contribution >= 0.6 is 27.5 Å². The molecule has 0 radical (unpaired) electrons. The number of rotatable bonds is 2. The quantitative estimate of drug-likeness (QED) is 0.848. The minimum atomic E-state index is -0.872. The lowest BCUT2D eigenvalue weighted by atomic mass is 10.1. The molecule has 2 rings (SSSR count). The number of alkyl halides is 1. The predicted octanol–water partition coefficient (Wildman–Crippen LogP) is 2.18. The van der Waals surface area contributed by atoms with E-state index in [9.17, 15) is 9.90 Å². The molecule has 0 fully saturated rings. The molecule has 1 N–H and O–H groups in total. The average Bonchev–Trinajstić information content (AvgIpc) is 2.44. The molecule has 0 saturated carbocycles. The molecule has 80 valence electrons. The van der Waals surface area contributed by atoms with E-state index >= 15 is 0 Å². The molecule has 0 saturated heterocycles. The van der Waals surface area contributed by atoms with Gasteiger partial charge in [-0.05, 0) is 18.2 Å². The average molecular weight is 291 g/mol. The highest BCUT2D eigenvalue weighted by atomic mass is 79.9. The van der Waals surface area contributed by atoms with Crippen LogP contribution in [-0.4, -0.2) is 27.8 Å². The summed E-state index contributed by atoms with van der Waals surface area (Å²) in [5.74, 6) is -0.145. The van der Waals surface area contributed by atoms with E-state index in [-0.39, 0.29) is 5.91 Å². The van der Waals surface area contributed by atoms with Crippen LogP contribution in [0.4, 0.5) is 0 Å². The van der Waals surface area contributed by atoms with E-state index in [2.05, 4.69) is 15.9 Å². The Morgan fingerprint density at radius 3 is 2.93 bits per heavy atom. The van der Waals surface area contributed by atoms with Gasteiger partial charge in [0, 0.05) is 28.0 Å². The standard InChI is InChI=1S/C10H9BrClNO2/c11-3-4-13-9(14)7-2-1-6(12)5-8(7)10(13)15/h1-2,5,10,15H,3-4H2. The van der Waals surface area contributed by atoms with Crippen LogP contribution in [0.3, 0.4) is 0 Å². The number of halogens is 2. The van der Waals surface area contributed by atoms with Crippen LogP contribution in [0.5, 0.6) is 0 Å². The Morgan fingerprint density at radius 2 is 2.27 bits per heavy atom. The van der Waals surface area contributed by atoms with Crippen LogP contribution < -0.4 is 0 Å². The van der Waals surface area contributed by atoms with Crippen molar-refractivity contribution in [2.75, 3.05) is 11.9 Å². The lowest BCUT2D eigenvalue weighted by Crippen LogP contribution is -2.29. The fourth-order valence-electron chi connectivity index (χ4n) is 1.69. The van der Waals surface area contributed by atoms with Crippen LogP contribution in [-0.2, 0) is 0 Å². The van der Waals surface area contributed by atoms with E-state index in [0.717, 1.165) is 0 Å². The van der Waals surface area contributed by atoms with Gasteiger partial charge >= 0.3 is 0 Å². The lowest BCUT2D eigenvalue weighted by molar-refractivity contribution is 0.0209. The molecule has 1 heterocycles. The van der Waals surface area contributed by atoms with Crippen molar-refractivity contribution in [1.29, 1.82) is 0 Å². The van der Waals surface area contributed by atoms with E-state index in [1.54, 1.807) is 18.2 Å². The Hall–Kier alpha value is -0.580. The van der Waals surface area contributed by atoms with Crippen LogP contribution in [0.25, 0.3) is 0 Å². The molecule has 1 atom stereocenters. The summed E-state index contributed by atoms with van der Waals surface area (Å²) in [5.41, 5.74) is 1.13. The van der Waals surface area contributed by atoms with Crippen LogP contribution in [0, 0.1) is 0 Å². The molecule has 5 heteroatoms. The molecule has 15 heavy (non-hydrogen) atoms. The number of aliphatic hydroxyl groups is 1. The molecule has 1 aliphatic rings. The monoisotopic (exact) mass is 289 g/mol. The third-order valence-corrected chi connectivity index (χ3v) is 2.99. The molecular formula is C10H9BrClNO2. The zero-order chi connectivity index (χ0) is 11.0. The molecule has 0 aliphatic carbocycles. The first kappa shape index (κ1) is 10.9. The first-order chi connectivity index (χ1) is 7.15. The summed E-state index contributed by atoms with van der Waals surface area (Å²) in [5, 5.41) is 11.1. The van der Waals surface area contributed by atoms with Gasteiger partial charge in [0.2, 0.25) is 0 Å². The smallest absolute Gasteiger partial charge is 0.256 e. The summed E-state index contributed by atoms with van der Waals surface area (Å²) in [6, 6.07) is 4.94. The summed E-state index contributed by atoms with van der Waals surface area (Å²) in [7, 11) is 0. The van der Waals surface area contributed by atoms with Crippen molar-refractivity contribution in [3.8, 4) is 0 Å². The molecule has 1 aromatic carbocycles. The molecule has 0 spiro atoms. The van der Waals surface area contributed by atoms with E-state index in [1.165, 1.54) is 4.90 Å². The number of aliphatic hydroxyl groups excluding tert-OH is 1. The molecule has 1 amide bonds. The van der Waals surface area contributed by atoms with Gasteiger partial charge in [-0.15, -0.1) is 0 Å². The summed E-state index contributed by atoms with van der Waals surface area (Å²) < 4.78 is 0. The number of hydrogen-bond acceptors (Lipinski definition) is 2. The normalized spacial score (nSPS) is 19.5. The molecule has 0 aromatic heterocycles. The third kappa shape index (κ3) is 1.77. The van der Waals surface area contributed by atoms with Gasteiger partial charge in [-0.25, -0.2) is 0 Å². The highest BCUT2D eigenvalue weighted by Crippen LogP contribution is 2.33. The zero-order valence-corrected chi connectivity index (χ0v) is 10.1. The van der Waals surface area contributed by atoms with Gasteiger partial charge in [-0.3, -0.25) is 4.79 Å². The fraction of sp³-hybridized carbons (Fsp3) is 0.300. The van der Waals surface area contributed by atoms with Crippen molar-refractivity contribution in [2.45, 2.75) is 6.23 Å². The van der Waals surface area contributed by atoms with Gasteiger partial charge in [0.1, 0.15) is 0 Å². The SMILES string of the molecule is O=C1c2ccc(Cl)cc2C(O)N1CCBr. The minimum Gasteiger partial charge on any atom is -0.369 e. The molecule has 1 aliphatic heterocycles. The van der Waals surface area contributed by atoms with Crippen LogP contribution in [0.2, 0.25) is 5.02 Å². The van der Waals surface area contributed by atoms with E-state index < -0.39 is 6.23 Å². The highest BCUT2D eigenvalue weighted by Gasteiger charge is 2.34. The van der Waals surface area contributed by atoms with Crippen LogP contribution in [0.15, 0.2) is 18.2 Å². The number of carbonyl (C=O) groups is 1. The van der Waals surface area contributed by atoms with Gasteiger partial charge in [0.05, 0.1) is 0 Å². The predicted molar refractivity (Wildman–Crippen MR) is 61.2 cm³/mol. The first-order valence-corrected chi connectivity index (χ1v) is 5.99. The summed E-state index contributed by atoms with van der Waals surface area (Å²) in [6.45, 7) is 0.478. The Bertz CT molecular complexity index is 410. The van der Waals surface area contributed by atoms with Crippen LogP contribution in [0.1, 0.15) is 22.1 Å². The fourth-order valence-corrected chi connectivity index (χ4v) is 2.25. The zero-order valence-electron chi connectivity index (χ0n) is 7.78. The van der Waals surface area contributed by atoms with Crippen molar-refractivity contribution in [3.05, 3.63) is 34.3 Å². The number of benzene rings is 1. The Labute approximate surface area is 101 Å². The molecule has 1 aromatic rings. The first-order valence-electron chi connectivity index (χ1n) is 4.49. The van der Waals surface area contributed by atoms with Gasteiger partial charge in [-0.1, -0.05) is 27.5 Å². The van der Waals surface area contributed by atoms with Crippen molar-refractivity contribution in [3.63, 3.8) is 0 Å². The number of amides is 1. The Kier molecular flexibility index (Phi) is 3.00. The van der Waals surface area contributed by atoms with Crippen molar-refractivity contribution < 1.29 is 9.90 Å². The number of nitrogens with zero attached hydrogens (tertiary/aromatic N) is 1. The second-order valence-corrected chi connectivity index (χ2v) is 4.52. The number of fused-ring (bicyclic) bond motifs is 1. The molecular weight excluding hydrogens is 281 g/mol. The maximum atomic E-state index is 11.8. The van der Waals surface area contributed by atoms with E-state index in [1.807, 2.05) is 0 Å². The van der Waals surface area contributed by atoms with Gasteiger partial charge in [-0.2, -0.15) is 0 Å². The van der Waals surface area contributed by atoms with Crippen molar-refractivity contribution in [1.82, 2.24) is 4.90 Å². The topological polar surface area (TPSA) is 40.5 Å². The summed E-state index contributed by atoms with van der Waals surface area (Å²) in [4.78, 5) is 13.2. The summed E-state index contributed by atoms with van der Waals surface area (Å²) >= 11 is 9.05. The molecule has 0 bridgehead atoms. The van der Waals surface area contributed by atoms with Gasteiger partial charge in [0.15, 0.2) is 6.23 Å². The Morgan fingerprint density at radius 1 is 1.53 bits per heavy atom. The second-order valence-electron chi connectivity index (χ2n) is 3.29. The Balaban J connectivity index is 2.41. The highest BCUT2D eigenvalue weighted by molar-refractivity contribution is 9.09. The van der Waals surface area contributed by atoms with Crippen molar-refractivity contribution >= 4 is 33.4 Å². The lowest BCUT2D eigenvalue weighted by Gasteiger charge is -2.19. The van der Waals surface area contributed by atoms with E-state index in [4.69, 9.17) is 11.6 Å².